The van der Waals surface area contributed by atoms with Crippen LogP contribution in [0.3, 0.4) is 0 Å². The van der Waals surface area contributed by atoms with Gasteiger partial charge in [0.1, 0.15) is 0 Å². The van der Waals surface area contributed by atoms with Gasteiger partial charge in [0.25, 0.3) is 0 Å². The lowest BCUT2D eigenvalue weighted by Gasteiger charge is -2.24. The van der Waals surface area contributed by atoms with Gasteiger partial charge in [-0.25, -0.2) is 8.42 Å². The number of nitrogens with one attached hydrogen (secondary N) is 1. The smallest absolute Gasteiger partial charge is 0.232 e. The van der Waals surface area contributed by atoms with Crippen molar-refractivity contribution in [3.05, 3.63) is 28.2 Å². The molecule has 0 heterocycles. The van der Waals surface area contributed by atoms with Crippen molar-refractivity contribution in [2.24, 2.45) is 0 Å². The Hall–Kier alpha value is -0.980. The summed E-state index contributed by atoms with van der Waals surface area (Å²) in [4.78, 5) is 12.3. The fourth-order valence-electron chi connectivity index (χ4n) is 3.43. The van der Waals surface area contributed by atoms with Gasteiger partial charge in [0.2, 0.25) is 15.9 Å². The summed E-state index contributed by atoms with van der Waals surface area (Å²) in [7, 11) is -3.53. The Kier molecular flexibility index (Phi) is 8.70. The summed E-state index contributed by atoms with van der Waals surface area (Å²) < 4.78 is 25.6. The average molecular weight is 435 g/mol. The van der Waals surface area contributed by atoms with E-state index in [1.54, 1.807) is 12.1 Å². The number of sulfonamides is 1. The first kappa shape index (κ1) is 22.3. The van der Waals surface area contributed by atoms with Gasteiger partial charge in [-0.05, 0) is 37.5 Å². The van der Waals surface area contributed by atoms with Gasteiger partial charge in [0, 0.05) is 24.0 Å². The van der Waals surface area contributed by atoms with Crippen LogP contribution in [0.2, 0.25) is 10.0 Å². The molecule has 1 aromatic carbocycles. The molecule has 1 saturated carbocycles. The highest BCUT2D eigenvalue weighted by atomic mass is 35.5. The SMILES string of the molecule is CS(=O)(=O)N(CCCC(=O)NC1CCCCCCC1)c1cc(Cl)ccc1Cl. The Morgan fingerprint density at radius 3 is 2.41 bits per heavy atom. The molecule has 0 unspecified atom stereocenters. The molecule has 2 rings (SSSR count). The Bertz CT molecular complexity index is 732. The summed E-state index contributed by atoms with van der Waals surface area (Å²) in [5, 5.41) is 3.82. The molecule has 1 aromatic rings. The summed E-state index contributed by atoms with van der Waals surface area (Å²) in [5.74, 6) is -0.0220. The molecule has 1 aliphatic rings. The third-order valence-corrected chi connectivity index (χ3v) is 6.55. The molecule has 1 aliphatic carbocycles. The number of carbonyl (C=O) groups is 1. The molecule has 1 fully saturated rings. The molecule has 0 saturated heterocycles. The second-order valence-electron chi connectivity index (χ2n) is 7.14. The maximum atomic E-state index is 12.3. The molecule has 8 heteroatoms. The largest absolute Gasteiger partial charge is 0.353 e. The summed E-state index contributed by atoms with van der Waals surface area (Å²) >= 11 is 12.1. The van der Waals surface area contributed by atoms with Crippen LogP contribution < -0.4 is 9.62 Å². The first-order chi connectivity index (χ1) is 12.8. The highest BCUT2D eigenvalue weighted by Gasteiger charge is 2.21. The minimum Gasteiger partial charge on any atom is -0.353 e. The minimum absolute atomic E-state index is 0.0220. The lowest BCUT2D eigenvalue weighted by Crippen LogP contribution is -2.36. The standard InChI is InChI=1S/C19H28Cl2N2O3S/c1-27(25,26)23(18-14-15(20)11-12-17(18)21)13-7-10-19(24)22-16-8-5-3-2-4-6-9-16/h11-12,14,16H,2-10,13H2,1H3,(H,22,24). The van der Waals surface area contributed by atoms with E-state index in [0.717, 1.165) is 31.9 Å². The van der Waals surface area contributed by atoms with E-state index in [1.807, 2.05) is 0 Å². The molecule has 0 radical (unpaired) electrons. The number of rotatable bonds is 7. The van der Waals surface area contributed by atoms with Crippen LogP contribution in [-0.2, 0) is 14.8 Å². The van der Waals surface area contributed by atoms with Crippen molar-refractivity contribution in [1.82, 2.24) is 5.32 Å². The van der Waals surface area contributed by atoms with Crippen LogP contribution in [0.15, 0.2) is 18.2 Å². The minimum atomic E-state index is -3.53. The van der Waals surface area contributed by atoms with Gasteiger partial charge in [0.05, 0.1) is 17.0 Å². The Morgan fingerprint density at radius 1 is 1.15 bits per heavy atom. The Labute approximate surface area is 172 Å². The number of halogens is 2. The van der Waals surface area contributed by atoms with Crippen molar-refractivity contribution < 1.29 is 13.2 Å². The van der Waals surface area contributed by atoms with Crippen LogP contribution in [0.25, 0.3) is 0 Å². The Balaban J connectivity index is 1.91. The monoisotopic (exact) mass is 434 g/mol. The summed E-state index contributed by atoms with van der Waals surface area (Å²) in [5.41, 5.74) is 0.340. The van der Waals surface area contributed by atoms with Crippen LogP contribution in [0.1, 0.15) is 57.8 Å². The molecule has 1 N–H and O–H groups in total. The Morgan fingerprint density at radius 2 is 1.78 bits per heavy atom. The van der Waals surface area contributed by atoms with Crippen LogP contribution >= 0.6 is 23.2 Å². The summed E-state index contributed by atoms with van der Waals surface area (Å²) in [6.07, 6.45) is 9.92. The van der Waals surface area contributed by atoms with E-state index < -0.39 is 10.0 Å². The molecule has 0 aromatic heterocycles. The quantitative estimate of drug-likeness (QED) is 0.671. The van der Waals surface area contributed by atoms with Gasteiger partial charge in [0.15, 0.2) is 0 Å². The highest BCUT2D eigenvalue weighted by Crippen LogP contribution is 2.30. The normalized spacial score (nSPS) is 16.4. The number of hydrogen-bond donors (Lipinski definition) is 1. The molecule has 0 spiro atoms. The molecule has 1 amide bonds. The van der Waals surface area contributed by atoms with Gasteiger partial charge in [-0.2, -0.15) is 0 Å². The van der Waals surface area contributed by atoms with E-state index in [9.17, 15) is 13.2 Å². The maximum Gasteiger partial charge on any atom is 0.232 e. The number of hydrogen-bond acceptors (Lipinski definition) is 3. The number of benzene rings is 1. The van der Waals surface area contributed by atoms with E-state index in [4.69, 9.17) is 23.2 Å². The molecular formula is C19H28Cl2N2O3S. The van der Waals surface area contributed by atoms with E-state index in [2.05, 4.69) is 5.32 Å². The molecule has 27 heavy (non-hydrogen) atoms. The zero-order chi connectivity index (χ0) is 19.9. The maximum absolute atomic E-state index is 12.3. The van der Waals surface area contributed by atoms with Gasteiger partial charge in [-0.15, -0.1) is 0 Å². The summed E-state index contributed by atoms with van der Waals surface area (Å²) in [6.45, 7) is 0.178. The third-order valence-electron chi connectivity index (χ3n) is 4.81. The van der Waals surface area contributed by atoms with Gasteiger partial charge in [-0.3, -0.25) is 9.10 Å². The van der Waals surface area contributed by atoms with Gasteiger partial charge >= 0.3 is 0 Å². The van der Waals surface area contributed by atoms with Gasteiger partial charge in [-0.1, -0.05) is 55.3 Å². The van der Waals surface area contributed by atoms with E-state index in [1.165, 1.54) is 29.6 Å². The fourth-order valence-corrected chi connectivity index (χ4v) is 4.83. The van der Waals surface area contributed by atoms with E-state index in [-0.39, 0.29) is 24.9 Å². The third kappa shape index (κ3) is 7.51. The molecular weight excluding hydrogens is 407 g/mol. The second kappa shape index (κ2) is 10.5. The van der Waals surface area contributed by atoms with Crippen LogP contribution in [0, 0.1) is 0 Å². The van der Waals surface area contributed by atoms with E-state index in [0.29, 0.717) is 22.2 Å². The van der Waals surface area contributed by atoms with E-state index >= 15 is 0 Å². The van der Waals surface area contributed by atoms with Crippen LogP contribution in [0.4, 0.5) is 5.69 Å². The predicted molar refractivity (Wildman–Crippen MR) is 112 cm³/mol. The summed E-state index contributed by atoms with van der Waals surface area (Å²) in [6, 6.07) is 4.94. The first-order valence-corrected chi connectivity index (χ1v) is 12.1. The van der Waals surface area contributed by atoms with Crippen molar-refractivity contribution in [1.29, 1.82) is 0 Å². The van der Waals surface area contributed by atoms with Crippen molar-refractivity contribution in [2.75, 3.05) is 17.1 Å². The lowest BCUT2D eigenvalue weighted by molar-refractivity contribution is -0.122. The number of nitrogens with zero attached hydrogens (tertiary/aromatic N) is 1. The lowest BCUT2D eigenvalue weighted by atomic mass is 9.96. The topological polar surface area (TPSA) is 66.5 Å². The first-order valence-electron chi connectivity index (χ1n) is 9.49. The predicted octanol–water partition coefficient (Wildman–Crippen LogP) is 4.77. The number of carbonyl (C=O) groups excluding carboxylic acids is 1. The van der Waals surface area contributed by atoms with Crippen LogP contribution in [-0.4, -0.2) is 33.2 Å². The molecule has 5 nitrogen and oxygen atoms in total. The molecule has 0 bridgehead atoms. The van der Waals surface area contributed by atoms with Crippen molar-refractivity contribution in [3.63, 3.8) is 0 Å². The second-order valence-corrected chi connectivity index (χ2v) is 9.89. The van der Waals surface area contributed by atoms with Crippen LogP contribution in [0.5, 0.6) is 0 Å². The highest BCUT2D eigenvalue weighted by molar-refractivity contribution is 7.92. The number of amides is 1. The molecule has 152 valence electrons. The van der Waals surface area contributed by atoms with Gasteiger partial charge < -0.3 is 5.32 Å². The zero-order valence-corrected chi connectivity index (χ0v) is 18.0. The van der Waals surface area contributed by atoms with Crippen molar-refractivity contribution in [2.45, 2.75) is 63.8 Å². The number of anilines is 1. The fraction of sp³-hybridized carbons (Fsp3) is 0.632. The molecule has 0 atom stereocenters. The van der Waals surface area contributed by atoms with Crippen molar-refractivity contribution in [3.8, 4) is 0 Å². The average Bonchev–Trinajstić information content (AvgIpc) is 2.55. The molecule has 0 aliphatic heterocycles. The van der Waals surface area contributed by atoms with Crippen molar-refractivity contribution >= 4 is 44.8 Å². The zero-order valence-electron chi connectivity index (χ0n) is 15.7.